The molecule has 2 fully saturated rings. The maximum atomic E-state index is 13.2. The number of anilines is 1. The number of carbonyl (C=O) groups is 2. The smallest absolute Gasteiger partial charge is 0.228 e. The Hall–Kier alpha value is -1.66. The highest BCUT2D eigenvalue weighted by atomic mass is 79.9. The number of amides is 2. The van der Waals surface area contributed by atoms with Gasteiger partial charge in [-0.15, -0.1) is 0 Å². The van der Waals surface area contributed by atoms with Crippen molar-refractivity contribution in [3.05, 3.63) is 40.9 Å². The third kappa shape index (κ3) is 3.52. The number of nitrogens with one attached hydrogen (secondary N) is 2. The fraction of sp³-hybridized carbons (Fsp3) is 0.545. The van der Waals surface area contributed by atoms with E-state index in [0.29, 0.717) is 13.1 Å². The van der Waals surface area contributed by atoms with Crippen molar-refractivity contribution in [3.8, 4) is 0 Å². The molecule has 4 atom stereocenters. The number of hydrogen-bond acceptors (Lipinski definition) is 3. The first-order valence-electron chi connectivity index (χ1n) is 10.3. The molecule has 0 aromatic heterocycles. The van der Waals surface area contributed by atoms with Gasteiger partial charge in [0.1, 0.15) is 0 Å². The van der Waals surface area contributed by atoms with Crippen LogP contribution in [0, 0.1) is 29.1 Å². The number of benzene rings is 1. The first-order chi connectivity index (χ1) is 13.6. The van der Waals surface area contributed by atoms with E-state index in [1.54, 1.807) is 0 Å². The summed E-state index contributed by atoms with van der Waals surface area (Å²) in [4.78, 5) is 26.2. The molecule has 0 aliphatic heterocycles. The van der Waals surface area contributed by atoms with Crippen LogP contribution in [0.5, 0.6) is 0 Å². The minimum Gasteiger partial charge on any atom is -0.356 e. The number of unbranched alkanes of at least 4 members (excludes halogenated alkanes) is 2. The number of nitrogens with two attached hydrogens (primary N) is 1. The lowest BCUT2D eigenvalue weighted by Gasteiger charge is -2.26. The maximum absolute atomic E-state index is 13.2. The van der Waals surface area contributed by atoms with Gasteiger partial charge in [0, 0.05) is 16.7 Å². The van der Waals surface area contributed by atoms with Gasteiger partial charge in [-0.25, -0.2) is 0 Å². The zero-order valence-corrected chi connectivity index (χ0v) is 17.6. The van der Waals surface area contributed by atoms with Gasteiger partial charge in [0.2, 0.25) is 11.8 Å². The van der Waals surface area contributed by atoms with E-state index < -0.39 is 0 Å². The van der Waals surface area contributed by atoms with Crippen molar-refractivity contribution < 1.29 is 9.59 Å². The minimum atomic E-state index is -0.287. The fourth-order valence-electron chi connectivity index (χ4n) is 5.24. The molecule has 4 N–H and O–H groups in total. The lowest BCUT2D eigenvalue weighted by atomic mass is 9.81. The molecule has 2 amide bonds. The molecule has 0 saturated heterocycles. The van der Waals surface area contributed by atoms with Crippen LogP contribution in [0.1, 0.15) is 32.1 Å². The Kier molecular flexibility index (Phi) is 5.61. The molecule has 150 valence electrons. The summed E-state index contributed by atoms with van der Waals surface area (Å²) in [5, 5.41) is 6.13. The molecule has 0 unspecified atom stereocenters. The van der Waals surface area contributed by atoms with Crippen molar-refractivity contribution in [2.24, 2.45) is 34.8 Å². The van der Waals surface area contributed by atoms with Crippen LogP contribution in [0.3, 0.4) is 0 Å². The van der Waals surface area contributed by atoms with Gasteiger partial charge in [-0.3, -0.25) is 9.59 Å². The van der Waals surface area contributed by atoms with E-state index in [1.807, 2.05) is 24.3 Å². The zero-order chi connectivity index (χ0) is 19.7. The summed E-state index contributed by atoms with van der Waals surface area (Å²) < 4.78 is 0.970. The molecule has 0 heterocycles. The molecule has 3 aliphatic rings. The number of halogens is 1. The molecular formula is C22H28BrN3O2. The topological polar surface area (TPSA) is 84.2 Å². The molecule has 1 aromatic rings. The molecule has 1 spiro atoms. The van der Waals surface area contributed by atoms with Crippen LogP contribution in [-0.2, 0) is 9.59 Å². The van der Waals surface area contributed by atoms with E-state index in [0.717, 1.165) is 42.3 Å². The van der Waals surface area contributed by atoms with E-state index in [2.05, 4.69) is 38.7 Å². The Balaban J connectivity index is 1.46. The number of rotatable bonds is 8. The SMILES string of the molecule is NCCCCCNC(=O)[C@H]1[C@H](C(=O)Nc2ccc(Br)cc2)[C@@H]2C=C[C@H]1C21CC1. The van der Waals surface area contributed by atoms with Crippen molar-refractivity contribution in [1.82, 2.24) is 5.32 Å². The first kappa shape index (κ1) is 19.6. The molecule has 5 nitrogen and oxygen atoms in total. The van der Waals surface area contributed by atoms with Gasteiger partial charge in [0.05, 0.1) is 11.8 Å². The molecule has 3 aliphatic carbocycles. The van der Waals surface area contributed by atoms with E-state index in [4.69, 9.17) is 5.73 Å². The van der Waals surface area contributed by atoms with Crippen LogP contribution in [0.15, 0.2) is 40.9 Å². The monoisotopic (exact) mass is 445 g/mol. The molecule has 28 heavy (non-hydrogen) atoms. The molecule has 2 bridgehead atoms. The van der Waals surface area contributed by atoms with Gasteiger partial charge >= 0.3 is 0 Å². The van der Waals surface area contributed by atoms with Gasteiger partial charge in [-0.05, 0) is 73.7 Å². The average Bonchev–Trinajstić information content (AvgIpc) is 3.36. The molecule has 1 aromatic carbocycles. The van der Waals surface area contributed by atoms with Crippen molar-refractivity contribution in [3.63, 3.8) is 0 Å². The largest absolute Gasteiger partial charge is 0.356 e. The van der Waals surface area contributed by atoms with E-state index >= 15 is 0 Å². The predicted molar refractivity (Wildman–Crippen MR) is 113 cm³/mol. The molecule has 2 saturated carbocycles. The molecule has 6 heteroatoms. The van der Waals surface area contributed by atoms with Crippen molar-refractivity contribution in [2.45, 2.75) is 32.1 Å². The van der Waals surface area contributed by atoms with E-state index in [1.165, 1.54) is 0 Å². The van der Waals surface area contributed by atoms with Gasteiger partial charge < -0.3 is 16.4 Å². The Morgan fingerprint density at radius 2 is 1.64 bits per heavy atom. The highest BCUT2D eigenvalue weighted by Crippen LogP contribution is 2.72. The van der Waals surface area contributed by atoms with E-state index in [-0.39, 0.29) is 40.9 Å². The minimum absolute atomic E-state index is 0.0336. The standard InChI is InChI=1S/C22H28BrN3O2/c23-14-4-6-15(7-5-14)26-21(28)19-17-9-8-16(22(17)10-11-22)18(19)20(27)25-13-3-1-2-12-24/h4-9,16-19H,1-3,10-13,24H2,(H,25,27)(H,26,28)/t16-,17+,18-,19-/m1/s1. The van der Waals surface area contributed by atoms with Gasteiger partial charge in [-0.1, -0.05) is 34.5 Å². The van der Waals surface area contributed by atoms with Crippen molar-refractivity contribution >= 4 is 33.4 Å². The summed E-state index contributed by atoms with van der Waals surface area (Å²) in [5.74, 6) is -0.170. The number of carbonyl (C=O) groups excluding carboxylic acids is 2. The Bertz CT molecular complexity index is 772. The average molecular weight is 446 g/mol. The number of allylic oxidation sites excluding steroid dienone is 2. The number of hydrogen-bond donors (Lipinski definition) is 3. The van der Waals surface area contributed by atoms with Crippen LogP contribution < -0.4 is 16.4 Å². The fourth-order valence-corrected chi connectivity index (χ4v) is 5.51. The third-order valence-corrected chi connectivity index (χ3v) is 7.27. The molecule has 0 radical (unpaired) electrons. The second kappa shape index (κ2) is 7.99. The summed E-state index contributed by atoms with van der Waals surface area (Å²) in [6.07, 6.45) is 9.56. The van der Waals surface area contributed by atoms with Crippen molar-refractivity contribution in [1.29, 1.82) is 0 Å². The highest BCUT2D eigenvalue weighted by molar-refractivity contribution is 9.10. The van der Waals surface area contributed by atoms with Crippen LogP contribution >= 0.6 is 15.9 Å². The van der Waals surface area contributed by atoms with Gasteiger partial charge in [-0.2, -0.15) is 0 Å². The second-order valence-electron chi connectivity index (χ2n) is 8.36. The lowest BCUT2D eigenvalue weighted by Crippen LogP contribution is -2.42. The van der Waals surface area contributed by atoms with Crippen LogP contribution in [0.2, 0.25) is 0 Å². The first-order valence-corrected chi connectivity index (χ1v) is 11.1. The van der Waals surface area contributed by atoms with E-state index in [9.17, 15) is 9.59 Å². The summed E-state index contributed by atoms with van der Waals surface area (Å²) in [5.41, 5.74) is 6.45. The van der Waals surface area contributed by atoms with Crippen LogP contribution in [0.25, 0.3) is 0 Å². The second-order valence-corrected chi connectivity index (χ2v) is 9.27. The summed E-state index contributed by atoms with van der Waals surface area (Å²) in [6.45, 7) is 1.34. The summed E-state index contributed by atoms with van der Waals surface area (Å²) in [7, 11) is 0. The van der Waals surface area contributed by atoms with Crippen LogP contribution in [0.4, 0.5) is 5.69 Å². The Morgan fingerprint density at radius 3 is 2.25 bits per heavy atom. The summed E-state index contributed by atoms with van der Waals surface area (Å²) >= 11 is 3.41. The summed E-state index contributed by atoms with van der Waals surface area (Å²) in [6, 6.07) is 7.57. The predicted octanol–water partition coefficient (Wildman–Crippen LogP) is 3.46. The maximum Gasteiger partial charge on any atom is 0.228 e. The zero-order valence-electron chi connectivity index (χ0n) is 16.0. The Morgan fingerprint density at radius 1 is 1.00 bits per heavy atom. The van der Waals surface area contributed by atoms with Crippen molar-refractivity contribution in [2.75, 3.05) is 18.4 Å². The molecular weight excluding hydrogens is 418 g/mol. The normalized spacial score (nSPS) is 28.5. The Labute approximate surface area is 174 Å². The van der Waals surface area contributed by atoms with Crippen LogP contribution in [-0.4, -0.2) is 24.9 Å². The van der Waals surface area contributed by atoms with Gasteiger partial charge in [0.15, 0.2) is 0 Å². The molecule has 4 rings (SSSR count). The third-order valence-electron chi connectivity index (χ3n) is 6.74. The quantitative estimate of drug-likeness (QED) is 0.423. The lowest BCUT2D eigenvalue weighted by molar-refractivity contribution is -0.132. The highest BCUT2D eigenvalue weighted by Gasteiger charge is 2.69. The van der Waals surface area contributed by atoms with Gasteiger partial charge in [0.25, 0.3) is 0 Å².